The number of amides is 2. The number of halogens is 1. The van der Waals surface area contributed by atoms with Crippen molar-refractivity contribution in [1.82, 2.24) is 15.2 Å². The molecule has 3 aromatic rings. The Morgan fingerprint density at radius 1 is 1.13 bits per heavy atom. The molecule has 0 spiro atoms. The zero-order chi connectivity index (χ0) is 21.1. The molecule has 2 unspecified atom stereocenters. The molecule has 1 aliphatic rings. The van der Waals surface area contributed by atoms with Crippen LogP contribution in [0.1, 0.15) is 46.2 Å². The van der Waals surface area contributed by atoms with Gasteiger partial charge in [-0.15, -0.1) is 0 Å². The van der Waals surface area contributed by atoms with E-state index in [4.69, 9.17) is 11.6 Å². The fourth-order valence-electron chi connectivity index (χ4n) is 3.82. The standard InChI is InChI=1S/C24H22ClN3O2/c1-16(17-7-6-8-18(25)15-17)27-23(29)22-20-10-2-3-11-21(20)24(30)28(22)14-12-19-9-4-5-13-26-19/h2-11,13,15-16,22H,12,14H2,1H3,(H,27,29). The van der Waals surface area contributed by atoms with Gasteiger partial charge in [0.15, 0.2) is 0 Å². The lowest BCUT2D eigenvalue weighted by atomic mass is 10.0. The molecule has 2 amide bonds. The van der Waals surface area contributed by atoms with Gasteiger partial charge in [0.1, 0.15) is 6.04 Å². The van der Waals surface area contributed by atoms with Crippen LogP contribution in [0.5, 0.6) is 0 Å². The Balaban J connectivity index is 1.57. The number of carbonyl (C=O) groups is 2. The van der Waals surface area contributed by atoms with Gasteiger partial charge in [-0.3, -0.25) is 14.6 Å². The highest BCUT2D eigenvalue weighted by Crippen LogP contribution is 2.34. The summed E-state index contributed by atoms with van der Waals surface area (Å²) in [5.74, 6) is -0.334. The molecule has 0 fully saturated rings. The molecule has 4 rings (SSSR count). The van der Waals surface area contributed by atoms with Crippen LogP contribution >= 0.6 is 11.6 Å². The first kappa shape index (κ1) is 20.1. The van der Waals surface area contributed by atoms with E-state index in [-0.39, 0.29) is 17.9 Å². The van der Waals surface area contributed by atoms with Crippen LogP contribution < -0.4 is 5.32 Å². The van der Waals surface area contributed by atoms with Crippen molar-refractivity contribution in [1.29, 1.82) is 0 Å². The summed E-state index contributed by atoms with van der Waals surface area (Å²) in [6.45, 7) is 2.32. The summed E-state index contributed by atoms with van der Waals surface area (Å²) in [5, 5.41) is 3.67. The highest BCUT2D eigenvalue weighted by Gasteiger charge is 2.40. The van der Waals surface area contributed by atoms with Crippen molar-refractivity contribution in [2.75, 3.05) is 6.54 Å². The van der Waals surface area contributed by atoms with Crippen LogP contribution in [0, 0.1) is 0 Å². The number of aromatic nitrogens is 1. The van der Waals surface area contributed by atoms with Gasteiger partial charge in [-0.1, -0.05) is 48.0 Å². The molecule has 152 valence electrons. The number of fused-ring (bicyclic) bond motifs is 1. The van der Waals surface area contributed by atoms with Crippen molar-refractivity contribution in [2.45, 2.75) is 25.4 Å². The van der Waals surface area contributed by atoms with Crippen molar-refractivity contribution in [3.8, 4) is 0 Å². The SMILES string of the molecule is CC(NC(=O)C1c2ccccc2C(=O)N1CCc1ccccn1)c1cccc(Cl)c1. The van der Waals surface area contributed by atoms with Crippen molar-refractivity contribution >= 4 is 23.4 Å². The Kier molecular flexibility index (Phi) is 5.81. The molecule has 1 aliphatic heterocycles. The Hall–Kier alpha value is -3.18. The molecule has 6 heteroatoms. The fourth-order valence-corrected chi connectivity index (χ4v) is 4.01. The third-order valence-electron chi connectivity index (χ3n) is 5.35. The maximum absolute atomic E-state index is 13.3. The van der Waals surface area contributed by atoms with E-state index in [1.54, 1.807) is 23.2 Å². The molecule has 0 aliphatic carbocycles. The normalized spacial score (nSPS) is 16.3. The van der Waals surface area contributed by atoms with E-state index in [1.165, 1.54) is 0 Å². The molecular weight excluding hydrogens is 398 g/mol. The van der Waals surface area contributed by atoms with Crippen molar-refractivity contribution in [3.05, 3.63) is 100 Å². The van der Waals surface area contributed by atoms with Gasteiger partial charge >= 0.3 is 0 Å². The first-order chi connectivity index (χ1) is 14.5. The van der Waals surface area contributed by atoms with Gasteiger partial charge in [-0.2, -0.15) is 0 Å². The monoisotopic (exact) mass is 419 g/mol. The fraction of sp³-hybridized carbons (Fsp3) is 0.208. The lowest BCUT2D eigenvalue weighted by molar-refractivity contribution is -0.126. The smallest absolute Gasteiger partial charge is 0.255 e. The zero-order valence-corrected chi connectivity index (χ0v) is 17.3. The highest BCUT2D eigenvalue weighted by molar-refractivity contribution is 6.30. The molecular formula is C24H22ClN3O2. The average Bonchev–Trinajstić information content (AvgIpc) is 3.05. The minimum absolute atomic E-state index is 0.128. The molecule has 30 heavy (non-hydrogen) atoms. The van der Waals surface area contributed by atoms with Crippen molar-refractivity contribution in [2.24, 2.45) is 0 Å². The predicted molar refractivity (Wildman–Crippen MR) is 116 cm³/mol. The molecule has 1 aromatic heterocycles. The first-order valence-electron chi connectivity index (χ1n) is 9.90. The lowest BCUT2D eigenvalue weighted by Gasteiger charge is -2.26. The minimum atomic E-state index is -0.668. The summed E-state index contributed by atoms with van der Waals surface area (Å²) >= 11 is 6.09. The molecule has 2 aromatic carbocycles. The number of rotatable bonds is 6. The van der Waals surface area contributed by atoms with E-state index in [1.807, 2.05) is 61.5 Å². The van der Waals surface area contributed by atoms with Gasteiger partial charge in [0.05, 0.1) is 6.04 Å². The van der Waals surface area contributed by atoms with E-state index < -0.39 is 6.04 Å². The van der Waals surface area contributed by atoms with Gasteiger partial charge in [-0.05, 0) is 48.4 Å². The molecule has 0 saturated carbocycles. The second kappa shape index (κ2) is 8.67. The molecule has 2 heterocycles. The quantitative estimate of drug-likeness (QED) is 0.646. The maximum atomic E-state index is 13.3. The molecule has 0 bridgehead atoms. The van der Waals surface area contributed by atoms with Crippen molar-refractivity contribution < 1.29 is 9.59 Å². The second-order valence-corrected chi connectivity index (χ2v) is 7.78. The first-order valence-corrected chi connectivity index (χ1v) is 10.3. The van der Waals surface area contributed by atoms with E-state index in [0.717, 1.165) is 16.8 Å². The predicted octanol–water partition coefficient (Wildman–Crippen LogP) is 4.35. The van der Waals surface area contributed by atoms with Crippen LogP contribution in [-0.2, 0) is 11.2 Å². The van der Waals surface area contributed by atoms with Crippen LogP contribution in [0.2, 0.25) is 5.02 Å². The van der Waals surface area contributed by atoms with Gasteiger partial charge in [0.25, 0.3) is 5.91 Å². The van der Waals surface area contributed by atoms with Crippen molar-refractivity contribution in [3.63, 3.8) is 0 Å². The number of nitrogens with one attached hydrogen (secondary N) is 1. The summed E-state index contributed by atoms with van der Waals surface area (Å²) < 4.78 is 0. The van der Waals surface area contributed by atoms with E-state index in [9.17, 15) is 9.59 Å². The summed E-state index contributed by atoms with van der Waals surface area (Å²) in [6, 6.07) is 19.5. The maximum Gasteiger partial charge on any atom is 0.255 e. The summed E-state index contributed by atoms with van der Waals surface area (Å²) in [5.41, 5.74) is 3.11. The number of benzene rings is 2. The Morgan fingerprint density at radius 2 is 1.93 bits per heavy atom. The zero-order valence-electron chi connectivity index (χ0n) is 16.6. The van der Waals surface area contributed by atoms with E-state index >= 15 is 0 Å². The highest BCUT2D eigenvalue weighted by atomic mass is 35.5. The molecule has 0 radical (unpaired) electrons. The molecule has 0 saturated heterocycles. The third-order valence-corrected chi connectivity index (χ3v) is 5.58. The Labute approximate surface area is 180 Å². The second-order valence-electron chi connectivity index (χ2n) is 7.34. The summed E-state index contributed by atoms with van der Waals surface area (Å²) in [4.78, 5) is 32.3. The minimum Gasteiger partial charge on any atom is -0.347 e. The van der Waals surface area contributed by atoms with E-state index in [0.29, 0.717) is 23.6 Å². The largest absolute Gasteiger partial charge is 0.347 e. The third kappa shape index (κ3) is 4.07. The number of pyridine rings is 1. The van der Waals surface area contributed by atoms with Gasteiger partial charge in [-0.25, -0.2) is 0 Å². The lowest BCUT2D eigenvalue weighted by Crippen LogP contribution is -2.41. The summed E-state index contributed by atoms with van der Waals surface area (Å²) in [7, 11) is 0. The van der Waals surface area contributed by atoms with Crippen LogP contribution in [0.15, 0.2) is 72.9 Å². The van der Waals surface area contributed by atoms with Gasteiger partial charge in [0, 0.05) is 35.4 Å². The van der Waals surface area contributed by atoms with Crippen LogP contribution in [0.3, 0.4) is 0 Å². The van der Waals surface area contributed by atoms with Crippen LogP contribution in [0.4, 0.5) is 0 Å². The van der Waals surface area contributed by atoms with Crippen LogP contribution in [-0.4, -0.2) is 28.2 Å². The van der Waals surface area contributed by atoms with Crippen LogP contribution in [0.25, 0.3) is 0 Å². The molecule has 2 atom stereocenters. The molecule has 5 nitrogen and oxygen atoms in total. The number of hydrogen-bond acceptors (Lipinski definition) is 3. The number of nitrogens with zero attached hydrogens (tertiary/aromatic N) is 2. The Bertz CT molecular complexity index is 1070. The number of carbonyl (C=O) groups excluding carboxylic acids is 2. The van der Waals surface area contributed by atoms with Gasteiger partial charge < -0.3 is 10.2 Å². The topological polar surface area (TPSA) is 62.3 Å². The number of hydrogen-bond donors (Lipinski definition) is 1. The van der Waals surface area contributed by atoms with E-state index in [2.05, 4.69) is 10.3 Å². The van der Waals surface area contributed by atoms with Gasteiger partial charge in [0.2, 0.25) is 5.91 Å². The Morgan fingerprint density at radius 3 is 2.70 bits per heavy atom. The summed E-state index contributed by atoms with van der Waals surface area (Å²) in [6.07, 6.45) is 2.31. The molecule has 1 N–H and O–H groups in total. The average molecular weight is 420 g/mol.